The molecule has 8 nitrogen and oxygen atoms in total. The highest BCUT2D eigenvalue weighted by molar-refractivity contribution is 8.01. The van der Waals surface area contributed by atoms with Gasteiger partial charge in [-0.05, 0) is 55.4 Å². The number of hydrogen-bond acceptors (Lipinski definition) is 9. The van der Waals surface area contributed by atoms with Gasteiger partial charge < -0.3 is 11.1 Å². The topological polar surface area (TPSA) is 125 Å². The smallest absolute Gasteiger partial charge is 0.234 e. The molecule has 2 heterocycles. The van der Waals surface area contributed by atoms with Crippen LogP contribution in [0.25, 0.3) is 0 Å². The third-order valence-electron chi connectivity index (χ3n) is 7.45. The van der Waals surface area contributed by atoms with Gasteiger partial charge in [0.1, 0.15) is 5.82 Å². The number of aromatic nitrogens is 2. The van der Waals surface area contributed by atoms with E-state index in [0.717, 1.165) is 33.6 Å². The second-order valence-corrected chi connectivity index (χ2v) is 13.5. The monoisotopic (exact) mass is 584 g/mol. The fourth-order valence-electron chi connectivity index (χ4n) is 5.57. The van der Waals surface area contributed by atoms with E-state index in [9.17, 15) is 14.9 Å². The first-order chi connectivity index (χ1) is 19.5. The Kier molecular flexibility index (Phi) is 7.77. The molecule has 0 fully saturated rings. The number of amides is 1. The molecule has 5 rings (SSSR count). The molecule has 0 radical (unpaired) electrons. The molecule has 0 spiro atoms. The van der Waals surface area contributed by atoms with Crippen LogP contribution in [0.3, 0.4) is 0 Å². The lowest BCUT2D eigenvalue weighted by atomic mass is 9.68. The lowest BCUT2D eigenvalue weighted by Crippen LogP contribution is -2.42. The van der Waals surface area contributed by atoms with Gasteiger partial charge in [0.05, 0.1) is 23.3 Å². The Labute approximate surface area is 248 Å². The summed E-state index contributed by atoms with van der Waals surface area (Å²) < 4.78 is 0.589. The Bertz CT molecular complexity index is 1660. The zero-order valence-electron chi connectivity index (χ0n) is 23.7. The molecule has 1 aromatic heterocycles. The number of nitrogens with two attached hydrogens (primary N) is 1. The summed E-state index contributed by atoms with van der Waals surface area (Å²) in [5.74, 6) is -0.256. The molecular formula is C31H32N6O2S2. The van der Waals surface area contributed by atoms with E-state index in [-0.39, 0.29) is 28.7 Å². The number of aryl methyl sites for hydroxylation is 3. The molecule has 1 aliphatic heterocycles. The second-order valence-electron chi connectivity index (χ2n) is 11.3. The maximum Gasteiger partial charge on any atom is 0.234 e. The number of nitrogens with zero attached hydrogens (tertiary/aromatic N) is 4. The van der Waals surface area contributed by atoms with Crippen LogP contribution in [-0.4, -0.2) is 27.6 Å². The molecule has 0 saturated carbocycles. The van der Waals surface area contributed by atoms with Crippen LogP contribution in [0, 0.1) is 37.5 Å². The van der Waals surface area contributed by atoms with Crippen molar-refractivity contribution in [1.82, 2.24) is 10.2 Å². The van der Waals surface area contributed by atoms with Crippen LogP contribution in [0.2, 0.25) is 0 Å². The minimum absolute atomic E-state index is 0.0111. The van der Waals surface area contributed by atoms with E-state index in [1.54, 1.807) is 4.90 Å². The maximum absolute atomic E-state index is 13.7. The van der Waals surface area contributed by atoms with Crippen LogP contribution < -0.4 is 16.0 Å². The summed E-state index contributed by atoms with van der Waals surface area (Å²) in [5, 5.41) is 22.4. The molecule has 210 valence electrons. The molecular weight excluding hydrogens is 553 g/mol. The Morgan fingerprint density at radius 1 is 1.17 bits per heavy atom. The van der Waals surface area contributed by atoms with E-state index in [2.05, 4.69) is 35.4 Å². The van der Waals surface area contributed by atoms with Gasteiger partial charge in [-0.2, -0.15) is 5.26 Å². The number of hydrogen-bond donors (Lipinski definition) is 2. The fourth-order valence-corrected chi connectivity index (χ4v) is 7.25. The third kappa shape index (κ3) is 5.65. The van der Waals surface area contributed by atoms with Crippen LogP contribution in [0.1, 0.15) is 54.9 Å². The highest BCUT2D eigenvalue weighted by atomic mass is 32.2. The lowest BCUT2D eigenvalue weighted by Gasteiger charge is -2.42. The van der Waals surface area contributed by atoms with Crippen molar-refractivity contribution in [2.24, 2.45) is 11.1 Å². The summed E-state index contributed by atoms with van der Waals surface area (Å²) in [6, 6.07) is 16.0. The molecule has 0 bridgehead atoms. The molecule has 1 atom stereocenters. The molecule has 10 heteroatoms. The summed E-state index contributed by atoms with van der Waals surface area (Å²) in [4.78, 5) is 28.1. The van der Waals surface area contributed by atoms with Crippen LogP contribution >= 0.6 is 23.1 Å². The maximum atomic E-state index is 13.7. The Morgan fingerprint density at radius 2 is 1.93 bits per heavy atom. The molecule has 1 unspecified atom stereocenters. The van der Waals surface area contributed by atoms with Gasteiger partial charge in [0.15, 0.2) is 10.1 Å². The Hall–Kier alpha value is -3.94. The van der Waals surface area contributed by atoms with Gasteiger partial charge in [-0.3, -0.25) is 14.5 Å². The van der Waals surface area contributed by atoms with Gasteiger partial charge in [0.25, 0.3) is 0 Å². The predicted molar refractivity (Wildman–Crippen MR) is 163 cm³/mol. The molecule has 1 amide bonds. The number of benzene rings is 2. The Balaban J connectivity index is 1.46. The molecule has 3 aromatic rings. The number of Topliss-reactive ketones (excluding diaryl/α,β-unsaturated/α-hetero) is 1. The van der Waals surface area contributed by atoms with Crippen molar-refractivity contribution in [3.8, 4) is 6.07 Å². The summed E-state index contributed by atoms with van der Waals surface area (Å²) in [5.41, 5.74) is 12.9. The van der Waals surface area contributed by atoms with Gasteiger partial charge in [0, 0.05) is 23.4 Å². The fraction of sp³-hybridized carbons (Fsp3) is 0.323. The van der Waals surface area contributed by atoms with E-state index in [4.69, 9.17) is 5.73 Å². The van der Waals surface area contributed by atoms with Crippen molar-refractivity contribution >= 4 is 45.6 Å². The second kappa shape index (κ2) is 11.1. The van der Waals surface area contributed by atoms with Crippen molar-refractivity contribution in [3.63, 3.8) is 0 Å². The number of anilines is 2. The highest BCUT2D eigenvalue weighted by Crippen LogP contribution is 2.51. The first-order valence-corrected chi connectivity index (χ1v) is 15.1. The van der Waals surface area contributed by atoms with Gasteiger partial charge in [-0.1, -0.05) is 78.9 Å². The summed E-state index contributed by atoms with van der Waals surface area (Å²) >= 11 is 2.56. The number of rotatable bonds is 6. The number of nitriles is 1. The van der Waals surface area contributed by atoms with Crippen molar-refractivity contribution in [3.05, 3.63) is 87.4 Å². The molecule has 3 N–H and O–H groups in total. The number of ketones is 1. The number of carbonyl (C=O) groups is 2. The molecule has 0 saturated heterocycles. The van der Waals surface area contributed by atoms with Gasteiger partial charge in [-0.25, -0.2) is 0 Å². The van der Waals surface area contributed by atoms with E-state index < -0.39 is 5.92 Å². The zero-order valence-corrected chi connectivity index (χ0v) is 25.4. The molecule has 2 aliphatic rings. The Morgan fingerprint density at radius 3 is 2.63 bits per heavy atom. The van der Waals surface area contributed by atoms with Crippen molar-refractivity contribution in [1.29, 1.82) is 5.26 Å². The van der Waals surface area contributed by atoms with E-state index in [1.165, 1.54) is 23.1 Å². The summed E-state index contributed by atoms with van der Waals surface area (Å²) in [7, 11) is 0. The standard InChI is InChI=1S/C31H32N6O2S2/c1-17-10-11-22(19(3)12-17)34-25(39)16-40-30-36-35-29(41-30)37-23-13-31(4,5)14-24(38)27(23)26(21(15-32)28(37)33)20-9-7-6-8-18(20)2/h6-12,26H,13-14,16,33H2,1-5H3,(H,34,39). The first-order valence-electron chi connectivity index (χ1n) is 13.3. The number of thioether (sulfide) groups is 1. The average Bonchev–Trinajstić information content (AvgIpc) is 3.36. The van der Waals surface area contributed by atoms with E-state index in [0.29, 0.717) is 33.5 Å². The molecule has 41 heavy (non-hydrogen) atoms. The number of allylic oxidation sites excluding steroid dienone is 3. The molecule has 1 aliphatic carbocycles. The quantitative estimate of drug-likeness (QED) is 0.331. The first kappa shape index (κ1) is 28.6. The third-order valence-corrected chi connectivity index (χ3v) is 9.49. The van der Waals surface area contributed by atoms with Crippen LogP contribution in [0.4, 0.5) is 10.8 Å². The van der Waals surface area contributed by atoms with Crippen LogP contribution in [0.5, 0.6) is 0 Å². The van der Waals surface area contributed by atoms with Crippen molar-refractivity contribution in [2.45, 2.75) is 57.7 Å². The SMILES string of the molecule is Cc1ccc(NC(=O)CSc2nnc(N3C(N)=C(C#N)C(c4ccccc4C)C4=C3CC(C)(C)CC4=O)s2)c(C)c1. The normalized spacial score (nSPS) is 18.3. The van der Waals surface area contributed by atoms with Gasteiger partial charge in [-0.15, -0.1) is 10.2 Å². The van der Waals surface area contributed by atoms with Crippen molar-refractivity contribution < 1.29 is 9.59 Å². The number of carbonyl (C=O) groups excluding carboxylic acids is 2. The summed E-state index contributed by atoms with van der Waals surface area (Å²) in [6.07, 6.45) is 0.976. The van der Waals surface area contributed by atoms with Gasteiger partial charge >= 0.3 is 0 Å². The van der Waals surface area contributed by atoms with Crippen LogP contribution in [0.15, 0.2) is 69.5 Å². The lowest BCUT2D eigenvalue weighted by molar-refractivity contribution is -0.118. The predicted octanol–water partition coefficient (Wildman–Crippen LogP) is 6.14. The minimum Gasteiger partial charge on any atom is -0.384 e. The summed E-state index contributed by atoms with van der Waals surface area (Å²) in [6.45, 7) is 10.1. The zero-order chi connectivity index (χ0) is 29.5. The van der Waals surface area contributed by atoms with Crippen LogP contribution in [-0.2, 0) is 9.59 Å². The molecule has 2 aromatic carbocycles. The van der Waals surface area contributed by atoms with E-state index in [1.807, 2.05) is 63.2 Å². The highest BCUT2D eigenvalue weighted by Gasteiger charge is 2.45. The largest absolute Gasteiger partial charge is 0.384 e. The van der Waals surface area contributed by atoms with Gasteiger partial charge in [0.2, 0.25) is 11.0 Å². The minimum atomic E-state index is -0.535. The van der Waals surface area contributed by atoms with Crippen molar-refractivity contribution in [2.75, 3.05) is 16.0 Å². The van der Waals surface area contributed by atoms with E-state index >= 15 is 0 Å². The average molecular weight is 585 g/mol. The number of nitrogens with one attached hydrogen (secondary N) is 1.